The molecule has 6 rings (SSSR count). The van der Waals surface area contributed by atoms with Gasteiger partial charge in [0.15, 0.2) is 12.6 Å². The van der Waals surface area contributed by atoms with Gasteiger partial charge in [0.2, 0.25) is 0 Å². The molecule has 0 aliphatic carbocycles. The number of cyclic esters (lactones) is 1. The number of nitrogens with zero attached hydrogens (tertiary/aromatic N) is 2. The highest BCUT2D eigenvalue weighted by atomic mass is 32.2. The summed E-state index contributed by atoms with van der Waals surface area (Å²) in [4.78, 5) is 47.0. The molecule has 0 amide bonds. The summed E-state index contributed by atoms with van der Waals surface area (Å²) in [5.74, 6) is 2.09. The number of ether oxygens (including phenoxy) is 7. The largest absolute Gasteiger partial charge is 0.462 e. The first-order chi connectivity index (χ1) is 35.4. The molecular weight excluding hydrogens is 997 g/mol. The molecule has 0 bridgehead atoms. The summed E-state index contributed by atoms with van der Waals surface area (Å²) in [5, 5.41) is 57.6. The highest BCUT2D eigenvalue weighted by molar-refractivity contribution is 7.99. The second-order valence-corrected chi connectivity index (χ2v) is 24.2. The number of carbonyl (C=O) groups excluding carboxylic acids is 3. The third-order valence-corrected chi connectivity index (χ3v) is 17.2. The Labute approximate surface area is 455 Å². The highest BCUT2D eigenvalue weighted by Gasteiger charge is 2.53. The van der Waals surface area contributed by atoms with E-state index in [4.69, 9.17) is 33.2 Å². The Morgan fingerprint density at radius 1 is 0.895 bits per heavy atom. The van der Waals surface area contributed by atoms with Crippen LogP contribution >= 0.6 is 11.8 Å². The third-order valence-electron chi connectivity index (χ3n) is 16.1. The molecule has 0 saturated carbocycles. The number of thioether (sulfide) groups is 1. The molecule has 1 aromatic heterocycles. The maximum absolute atomic E-state index is 14.1. The number of Topliss-reactive ketones (excluding diaryl/α,β-unsaturated/α-hetero) is 1. The number of rotatable bonds is 9. The Morgan fingerprint density at radius 2 is 1.58 bits per heavy atom. The van der Waals surface area contributed by atoms with E-state index in [1.54, 1.807) is 60.6 Å². The van der Waals surface area contributed by atoms with Gasteiger partial charge in [-0.05, 0) is 141 Å². The molecule has 4 aliphatic rings. The van der Waals surface area contributed by atoms with Gasteiger partial charge in [0.1, 0.15) is 35.4 Å². The fraction of sp³-hybridized carbons (Fsp3) is 0.724. The Morgan fingerprint density at radius 3 is 2.18 bits per heavy atom. The zero-order valence-corrected chi connectivity index (χ0v) is 48.5. The number of carbonyl (C=O) groups is 3. The molecule has 5 heterocycles. The molecule has 3 fully saturated rings. The third kappa shape index (κ3) is 14.8. The van der Waals surface area contributed by atoms with Crippen molar-refractivity contribution >= 4 is 29.5 Å². The van der Waals surface area contributed by atoms with Crippen LogP contribution in [0.1, 0.15) is 149 Å². The second kappa shape index (κ2) is 26.2. The van der Waals surface area contributed by atoms with Crippen molar-refractivity contribution in [2.24, 2.45) is 23.7 Å². The van der Waals surface area contributed by atoms with E-state index in [1.165, 1.54) is 56.7 Å². The fourth-order valence-electron chi connectivity index (χ4n) is 11.2. The maximum Gasteiger partial charge on any atom is 0.339 e. The summed E-state index contributed by atoms with van der Waals surface area (Å²) in [5.41, 5.74) is -1.20. The molecule has 76 heavy (non-hydrogen) atoms. The summed E-state index contributed by atoms with van der Waals surface area (Å²) in [6.07, 6.45) is -7.02. The van der Waals surface area contributed by atoms with Crippen molar-refractivity contribution in [1.82, 2.24) is 9.88 Å². The van der Waals surface area contributed by atoms with Crippen LogP contribution < -0.4 is 0 Å². The number of pyridine rings is 1. The Kier molecular flexibility index (Phi) is 21.8. The molecule has 2 aromatic rings. The summed E-state index contributed by atoms with van der Waals surface area (Å²) in [7, 11) is 5.18. The number of hydrogen-bond donors (Lipinski definition) is 5. The zero-order valence-electron chi connectivity index (χ0n) is 47.7. The van der Waals surface area contributed by atoms with Gasteiger partial charge < -0.3 is 63.6 Å². The minimum absolute atomic E-state index is 0.0936. The van der Waals surface area contributed by atoms with Crippen molar-refractivity contribution in [2.45, 2.75) is 217 Å². The van der Waals surface area contributed by atoms with Crippen LogP contribution in [0, 0.1) is 35.5 Å². The number of methoxy groups -OCH3 is 1. The van der Waals surface area contributed by atoms with Crippen molar-refractivity contribution in [2.75, 3.05) is 33.6 Å². The monoisotopic (exact) mass is 1080 g/mol. The zero-order chi connectivity index (χ0) is 56.8. The van der Waals surface area contributed by atoms with Gasteiger partial charge in [-0.15, -0.1) is 11.8 Å². The van der Waals surface area contributed by atoms with E-state index in [1.807, 2.05) is 37.7 Å². The van der Waals surface area contributed by atoms with Crippen LogP contribution in [0.25, 0.3) is 0 Å². The van der Waals surface area contributed by atoms with Gasteiger partial charge in [0.05, 0.1) is 59.8 Å². The fourth-order valence-corrected chi connectivity index (χ4v) is 12.7. The Balaban J connectivity index is 0.000000353. The van der Waals surface area contributed by atoms with Crippen molar-refractivity contribution in [3.63, 3.8) is 0 Å². The maximum atomic E-state index is 14.1. The average molecular weight is 1090 g/mol. The van der Waals surface area contributed by atoms with Crippen LogP contribution in [-0.4, -0.2) is 171 Å². The van der Waals surface area contributed by atoms with Crippen molar-refractivity contribution in [3.8, 4) is 11.8 Å². The van der Waals surface area contributed by atoms with Crippen molar-refractivity contribution in [1.29, 1.82) is 0 Å². The van der Waals surface area contributed by atoms with Crippen LogP contribution in [0.15, 0.2) is 41.4 Å². The highest BCUT2D eigenvalue weighted by Crippen LogP contribution is 2.43. The molecule has 4 aliphatic heterocycles. The molecule has 0 unspecified atom stereocenters. The van der Waals surface area contributed by atoms with E-state index in [9.17, 15) is 39.9 Å². The van der Waals surface area contributed by atoms with E-state index in [0.29, 0.717) is 24.3 Å². The van der Waals surface area contributed by atoms with E-state index in [0.717, 1.165) is 5.56 Å². The number of aliphatic hydroxyl groups is 5. The number of ketones is 1. The van der Waals surface area contributed by atoms with Gasteiger partial charge in [-0.25, -0.2) is 9.78 Å². The lowest BCUT2D eigenvalue weighted by Crippen LogP contribution is -2.61. The molecular formula is C58H88N2O15S. The lowest BCUT2D eigenvalue weighted by atomic mass is 9.74. The van der Waals surface area contributed by atoms with E-state index in [2.05, 4.69) is 48.9 Å². The number of benzene rings is 1. The van der Waals surface area contributed by atoms with Crippen LogP contribution in [-0.2, 0) is 48.2 Å². The van der Waals surface area contributed by atoms with Gasteiger partial charge in [-0.2, -0.15) is 0 Å². The Hall–Kier alpha value is -3.55. The van der Waals surface area contributed by atoms with E-state index < -0.39 is 108 Å². The van der Waals surface area contributed by atoms with E-state index in [-0.39, 0.29) is 42.8 Å². The number of esters is 2. The number of hydrogen-bond acceptors (Lipinski definition) is 18. The normalized spacial score (nSPS) is 38.3. The topological polar surface area (TPSA) is 233 Å². The first kappa shape index (κ1) is 63.3. The predicted molar refractivity (Wildman–Crippen MR) is 287 cm³/mol. The van der Waals surface area contributed by atoms with Crippen LogP contribution in [0.5, 0.6) is 0 Å². The van der Waals surface area contributed by atoms with Gasteiger partial charge >= 0.3 is 11.9 Å². The quantitative estimate of drug-likeness (QED) is 0.139. The van der Waals surface area contributed by atoms with Crippen LogP contribution in [0.3, 0.4) is 0 Å². The number of aliphatic hydroxyl groups excluding tert-OH is 3. The van der Waals surface area contributed by atoms with Gasteiger partial charge in [0.25, 0.3) is 0 Å². The van der Waals surface area contributed by atoms with Crippen molar-refractivity contribution in [3.05, 3.63) is 58.9 Å². The first-order valence-corrected chi connectivity index (χ1v) is 27.9. The number of aromatic nitrogens is 1. The summed E-state index contributed by atoms with van der Waals surface area (Å²) >= 11 is 1.92. The van der Waals surface area contributed by atoms with Crippen molar-refractivity contribution < 1.29 is 73.1 Å². The molecule has 5 N–H and O–H groups in total. The molecule has 1 aromatic carbocycles. The predicted octanol–water partition coefficient (Wildman–Crippen LogP) is 6.22. The number of fused-ring (bicyclic) bond motifs is 1. The van der Waals surface area contributed by atoms with Gasteiger partial charge in [0, 0.05) is 54.0 Å². The SMILES string of the molecule is CCOC(=O)c1ccc(C#Cc2ccc3c(c2)C(C)(C)CCS3)nc1.CC[C@H]1OC(=O)[C@H](C)[C@@H](O[C@H]2C[C@@](C)(OC)[C@@H](O)[C@H](C)O2)[C@H](C)[C@@H](O[C@@H]2O[C@H](C)C[C@H](N(C)C)[C@H]2O)[C@](C)(O)C[C@@H](C)C(=O)[C@H](C)[C@@H](O)[C@]1(C)O. The molecule has 0 radical (unpaired) electrons. The molecule has 426 valence electrons. The van der Waals surface area contributed by atoms with Crippen LogP contribution in [0.4, 0.5) is 0 Å². The lowest BCUT2D eigenvalue weighted by molar-refractivity contribution is -0.318. The first-order valence-electron chi connectivity index (χ1n) is 26.9. The molecule has 17 nitrogen and oxygen atoms in total. The standard InChI is InChI=1S/C37H67NO13.C21H21NO2S/c1-14-25-37(10,45)30(41)20(4)27(39)18(2)16-35(8,44)32(51-34-28(40)24(38(11)12)15-19(3)47-34)21(5)29(22(6)33(43)49-25)50-26-17-36(9,46-13)31(42)23(7)48-26;1-4-24-20(23)16-7-9-17(22-14-16)8-5-15-6-10-19-18(13-15)21(2,3)11-12-25-19/h18-26,28-32,34,40-42,44-45H,14-17H2,1-13H3;6-7,9-10,13-14H,4,11-12H2,1-3H3/t18-,19-,20+,21+,22-,23+,24+,25-,26+,28-,29+,30-,31+,32-,34+,35-,36-,37-;/m1./s1. The van der Waals surface area contributed by atoms with Gasteiger partial charge in [-0.3, -0.25) is 9.59 Å². The lowest BCUT2D eigenvalue weighted by Gasteiger charge is -2.49. The smallest absolute Gasteiger partial charge is 0.339 e. The minimum atomic E-state index is -1.99. The average Bonchev–Trinajstić information content (AvgIpc) is 3.36. The molecule has 18 heteroatoms. The van der Waals surface area contributed by atoms with E-state index >= 15 is 0 Å². The molecule has 18 atom stereocenters. The number of likely N-dealkylation sites (N-methyl/N-ethyl adjacent to an activating group) is 1. The Bertz CT molecular complexity index is 2330. The van der Waals surface area contributed by atoms with Gasteiger partial charge in [-0.1, -0.05) is 47.5 Å². The molecule has 0 spiro atoms. The summed E-state index contributed by atoms with van der Waals surface area (Å²) in [6, 6.07) is 9.55. The second-order valence-electron chi connectivity index (χ2n) is 23.1. The van der Waals surface area contributed by atoms with Crippen LogP contribution in [0.2, 0.25) is 0 Å². The minimum Gasteiger partial charge on any atom is -0.462 e. The molecule has 3 saturated heterocycles. The summed E-state index contributed by atoms with van der Waals surface area (Å²) in [6.45, 7) is 23.0. The summed E-state index contributed by atoms with van der Waals surface area (Å²) < 4.78 is 42.0.